The number of amides is 1. The van der Waals surface area contributed by atoms with Crippen molar-refractivity contribution in [3.63, 3.8) is 0 Å². The Morgan fingerprint density at radius 1 is 1.06 bits per heavy atom. The molecule has 0 heterocycles. The lowest BCUT2D eigenvalue weighted by molar-refractivity contribution is -0.125. The van der Waals surface area contributed by atoms with Gasteiger partial charge in [0.25, 0.3) is 0 Å². The van der Waals surface area contributed by atoms with E-state index in [-0.39, 0.29) is 5.91 Å². The van der Waals surface area contributed by atoms with Crippen molar-refractivity contribution in [1.82, 2.24) is 4.90 Å². The first kappa shape index (κ1) is 16.7. The topological polar surface area (TPSA) is 20.3 Å². The van der Waals surface area contributed by atoms with Crippen molar-refractivity contribution in [2.75, 3.05) is 13.1 Å². The number of nitrogens with zero attached hydrogens (tertiary/aromatic N) is 1. The second kappa shape index (κ2) is 10.8. The van der Waals surface area contributed by atoms with Crippen LogP contribution in [-0.4, -0.2) is 23.9 Å². The maximum absolute atomic E-state index is 11.9. The van der Waals surface area contributed by atoms with Gasteiger partial charge in [-0.05, 0) is 52.5 Å². The summed E-state index contributed by atoms with van der Waals surface area (Å²) < 4.78 is 0. The summed E-state index contributed by atoms with van der Waals surface area (Å²) in [6.45, 7) is 9.61. The van der Waals surface area contributed by atoms with E-state index >= 15 is 0 Å². The van der Waals surface area contributed by atoms with Crippen LogP contribution in [0.5, 0.6) is 0 Å². The van der Waals surface area contributed by atoms with Gasteiger partial charge in [0.1, 0.15) is 0 Å². The summed E-state index contributed by atoms with van der Waals surface area (Å²) in [6, 6.07) is 0. The maximum Gasteiger partial charge on any atom is 0.246 e. The zero-order valence-electron chi connectivity index (χ0n) is 12.2. The number of hydrogen-bond donors (Lipinski definition) is 0. The fourth-order valence-electron chi connectivity index (χ4n) is 1.73. The molecule has 0 spiro atoms. The maximum atomic E-state index is 11.9. The molecule has 0 aliphatic carbocycles. The average Bonchev–Trinajstić information content (AvgIpc) is 2.39. The Kier molecular flexibility index (Phi) is 10.0. The Balaban J connectivity index is 4.48. The van der Waals surface area contributed by atoms with E-state index in [1.54, 1.807) is 6.08 Å². The van der Waals surface area contributed by atoms with Crippen molar-refractivity contribution in [2.24, 2.45) is 5.92 Å². The summed E-state index contributed by atoms with van der Waals surface area (Å²) in [7, 11) is 0. The van der Waals surface area contributed by atoms with Gasteiger partial charge in [-0.25, -0.2) is 0 Å². The molecule has 0 aliphatic heterocycles. The first-order chi connectivity index (χ1) is 8.69. The van der Waals surface area contributed by atoms with Crippen LogP contribution in [0.3, 0.4) is 0 Å². The van der Waals surface area contributed by atoms with Gasteiger partial charge in [0, 0.05) is 13.1 Å². The number of carbonyl (C=O) groups is 1. The zero-order valence-corrected chi connectivity index (χ0v) is 12.2. The van der Waals surface area contributed by atoms with Gasteiger partial charge >= 0.3 is 0 Å². The molecule has 0 aromatic carbocycles. The van der Waals surface area contributed by atoms with E-state index in [0.717, 1.165) is 25.9 Å². The van der Waals surface area contributed by atoms with E-state index in [1.807, 2.05) is 38.7 Å². The molecule has 0 radical (unpaired) electrons. The molecule has 1 amide bonds. The highest BCUT2D eigenvalue weighted by Crippen LogP contribution is 2.12. The molecule has 0 saturated heterocycles. The summed E-state index contributed by atoms with van der Waals surface area (Å²) in [5.41, 5.74) is 0. The minimum Gasteiger partial charge on any atom is -0.340 e. The molecule has 102 valence electrons. The quantitative estimate of drug-likeness (QED) is 0.471. The van der Waals surface area contributed by atoms with E-state index < -0.39 is 0 Å². The average molecular weight is 249 g/mol. The van der Waals surface area contributed by atoms with E-state index in [2.05, 4.69) is 24.3 Å². The van der Waals surface area contributed by atoms with Crippen LogP contribution in [0.2, 0.25) is 0 Å². The summed E-state index contributed by atoms with van der Waals surface area (Å²) in [5, 5.41) is 0. The number of carbonyl (C=O) groups excluding carboxylic acids is 1. The molecule has 0 aromatic rings. The van der Waals surface area contributed by atoms with Crippen molar-refractivity contribution < 1.29 is 4.79 Å². The fraction of sp³-hybridized carbons (Fsp3) is 0.562. The SMILES string of the molecule is C/C=C/CC(/C=C/C(=O)N(CC)CC)C/C=C/C. The molecule has 0 saturated carbocycles. The van der Waals surface area contributed by atoms with Gasteiger partial charge in [-0.15, -0.1) is 0 Å². The van der Waals surface area contributed by atoms with Crippen LogP contribution in [0, 0.1) is 5.92 Å². The first-order valence-corrected chi connectivity index (χ1v) is 6.88. The Bertz CT molecular complexity index is 284. The summed E-state index contributed by atoms with van der Waals surface area (Å²) in [5.74, 6) is 0.530. The van der Waals surface area contributed by atoms with Crippen molar-refractivity contribution in [3.05, 3.63) is 36.5 Å². The number of rotatable bonds is 8. The molecule has 0 aliphatic rings. The second-order valence-electron chi connectivity index (χ2n) is 4.24. The smallest absolute Gasteiger partial charge is 0.246 e. The third kappa shape index (κ3) is 7.10. The number of hydrogen-bond acceptors (Lipinski definition) is 1. The van der Waals surface area contributed by atoms with Crippen molar-refractivity contribution in [1.29, 1.82) is 0 Å². The lowest BCUT2D eigenvalue weighted by Gasteiger charge is -2.16. The van der Waals surface area contributed by atoms with Crippen LogP contribution in [0.15, 0.2) is 36.5 Å². The van der Waals surface area contributed by atoms with E-state index in [1.165, 1.54) is 0 Å². The molecule has 0 N–H and O–H groups in total. The van der Waals surface area contributed by atoms with Crippen LogP contribution in [0.1, 0.15) is 40.5 Å². The summed E-state index contributed by atoms with van der Waals surface area (Å²) >= 11 is 0. The largest absolute Gasteiger partial charge is 0.340 e. The van der Waals surface area contributed by atoms with Crippen LogP contribution >= 0.6 is 0 Å². The lowest BCUT2D eigenvalue weighted by Crippen LogP contribution is -2.28. The molecule has 0 aromatic heterocycles. The molecular formula is C16H27NO. The van der Waals surface area contributed by atoms with Crippen molar-refractivity contribution in [2.45, 2.75) is 40.5 Å². The van der Waals surface area contributed by atoms with Gasteiger partial charge in [-0.3, -0.25) is 4.79 Å². The third-order valence-corrected chi connectivity index (χ3v) is 2.94. The minimum absolute atomic E-state index is 0.117. The molecular weight excluding hydrogens is 222 g/mol. The van der Waals surface area contributed by atoms with E-state index in [9.17, 15) is 4.79 Å². The molecule has 0 rings (SSSR count). The second-order valence-corrected chi connectivity index (χ2v) is 4.24. The van der Waals surface area contributed by atoms with Crippen LogP contribution in [0.4, 0.5) is 0 Å². The van der Waals surface area contributed by atoms with Crippen molar-refractivity contribution in [3.8, 4) is 0 Å². The molecule has 18 heavy (non-hydrogen) atoms. The van der Waals surface area contributed by atoms with Gasteiger partial charge in [0.15, 0.2) is 0 Å². The summed E-state index contributed by atoms with van der Waals surface area (Å²) in [4.78, 5) is 13.7. The minimum atomic E-state index is 0.117. The standard InChI is InChI=1S/C16H27NO/c1-5-9-11-15(12-10-6-2)13-14-16(18)17(7-3)8-4/h5-6,9-10,13-15H,7-8,11-12H2,1-4H3/b9-5+,10-6+,14-13+. The summed E-state index contributed by atoms with van der Waals surface area (Å²) in [6.07, 6.45) is 14.2. The van der Waals surface area contributed by atoms with Gasteiger partial charge in [-0.2, -0.15) is 0 Å². The van der Waals surface area contributed by atoms with Crippen molar-refractivity contribution >= 4 is 5.91 Å². The number of allylic oxidation sites excluding steroid dienone is 5. The molecule has 0 bridgehead atoms. The lowest BCUT2D eigenvalue weighted by atomic mass is 10.00. The van der Waals surface area contributed by atoms with Crippen LogP contribution < -0.4 is 0 Å². The highest BCUT2D eigenvalue weighted by Gasteiger charge is 2.06. The molecule has 0 unspecified atom stereocenters. The highest BCUT2D eigenvalue weighted by atomic mass is 16.2. The third-order valence-electron chi connectivity index (χ3n) is 2.94. The van der Waals surface area contributed by atoms with Gasteiger partial charge in [0.05, 0.1) is 0 Å². The highest BCUT2D eigenvalue weighted by molar-refractivity contribution is 5.87. The van der Waals surface area contributed by atoms with E-state index in [4.69, 9.17) is 0 Å². The Morgan fingerprint density at radius 2 is 1.56 bits per heavy atom. The van der Waals surface area contributed by atoms with Crippen LogP contribution in [0.25, 0.3) is 0 Å². The Hall–Kier alpha value is -1.31. The molecule has 0 atom stereocenters. The number of likely N-dealkylation sites (N-methyl/N-ethyl adjacent to an activating group) is 1. The zero-order chi connectivity index (χ0) is 13.8. The predicted molar refractivity (Wildman–Crippen MR) is 79.4 cm³/mol. The van der Waals surface area contributed by atoms with E-state index in [0.29, 0.717) is 5.92 Å². The van der Waals surface area contributed by atoms with Crippen LogP contribution in [-0.2, 0) is 4.79 Å². The van der Waals surface area contributed by atoms with Gasteiger partial charge in [0.2, 0.25) is 5.91 Å². The fourth-order valence-corrected chi connectivity index (χ4v) is 1.73. The Labute approximate surface area is 112 Å². The molecule has 2 heteroatoms. The Morgan fingerprint density at radius 3 is 1.94 bits per heavy atom. The van der Waals surface area contributed by atoms with Gasteiger partial charge < -0.3 is 4.90 Å². The first-order valence-electron chi connectivity index (χ1n) is 6.88. The van der Waals surface area contributed by atoms with Gasteiger partial charge in [-0.1, -0.05) is 30.4 Å². The molecule has 2 nitrogen and oxygen atoms in total. The monoisotopic (exact) mass is 249 g/mol. The normalized spacial score (nSPS) is 12.3. The predicted octanol–water partition coefficient (Wildman–Crippen LogP) is 3.96. The molecule has 0 fully saturated rings.